The smallest absolute Gasteiger partial charge is 0.260 e. The molecule has 0 radical (unpaired) electrons. The molecule has 1 N–H and O–H groups in total. The number of amides is 1. The third-order valence-electron chi connectivity index (χ3n) is 4.40. The Hall–Kier alpha value is -3.68. The fourth-order valence-corrected chi connectivity index (χ4v) is 2.75. The summed E-state index contributed by atoms with van der Waals surface area (Å²) >= 11 is 0. The van der Waals surface area contributed by atoms with E-state index in [0.29, 0.717) is 5.69 Å². The molecule has 8 heteroatoms. The summed E-state index contributed by atoms with van der Waals surface area (Å²) in [6.45, 7) is 2.05. The first-order chi connectivity index (χ1) is 14.5. The minimum Gasteiger partial charge on any atom is -0.497 e. The van der Waals surface area contributed by atoms with E-state index in [0.717, 1.165) is 11.3 Å². The predicted octanol–water partition coefficient (Wildman–Crippen LogP) is 2.64. The topological polar surface area (TPSA) is 82.5 Å². The standard InChI is InChI=1S/C22H22FN3O4/c1-15(30-19-5-3-4-17(23)12-19)22(28)24-10-11-26-14-25-20(13-21(26)27)16-6-8-18(29-2)9-7-16/h3-9,12-15H,10-11H2,1-2H3,(H,24,28). The molecule has 0 aliphatic carbocycles. The van der Waals surface area contributed by atoms with E-state index in [1.807, 2.05) is 12.1 Å². The molecule has 3 aromatic rings. The molecule has 156 valence electrons. The lowest BCUT2D eigenvalue weighted by Gasteiger charge is -2.15. The van der Waals surface area contributed by atoms with Crippen LogP contribution in [-0.2, 0) is 11.3 Å². The molecule has 0 bridgehead atoms. The van der Waals surface area contributed by atoms with Crippen molar-refractivity contribution in [3.63, 3.8) is 0 Å². The summed E-state index contributed by atoms with van der Waals surface area (Å²) in [5.74, 6) is 0.186. The van der Waals surface area contributed by atoms with E-state index in [9.17, 15) is 14.0 Å². The zero-order valence-corrected chi connectivity index (χ0v) is 16.7. The van der Waals surface area contributed by atoms with Gasteiger partial charge in [0.2, 0.25) is 0 Å². The first kappa shape index (κ1) is 21.0. The van der Waals surface area contributed by atoms with Crippen molar-refractivity contribution >= 4 is 5.91 Å². The molecule has 0 aliphatic rings. The van der Waals surface area contributed by atoms with Gasteiger partial charge in [-0.05, 0) is 43.3 Å². The van der Waals surface area contributed by atoms with E-state index in [1.165, 1.54) is 35.2 Å². The van der Waals surface area contributed by atoms with E-state index in [1.54, 1.807) is 32.2 Å². The Bertz CT molecular complexity index is 1070. The van der Waals surface area contributed by atoms with Crippen LogP contribution in [0, 0.1) is 5.82 Å². The van der Waals surface area contributed by atoms with Crippen LogP contribution in [-0.4, -0.2) is 35.2 Å². The molecule has 1 atom stereocenters. The second-order valence-corrected chi connectivity index (χ2v) is 6.54. The van der Waals surface area contributed by atoms with E-state index in [4.69, 9.17) is 9.47 Å². The molecule has 2 aromatic carbocycles. The van der Waals surface area contributed by atoms with Crippen LogP contribution < -0.4 is 20.3 Å². The van der Waals surface area contributed by atoms with Crippen LogP contribution >= 0.6 is 0 Å². The number of rotatable bonds is 8. The number of halogens is 1. The summed E-state index contributed by atoms with van der Waals surface area (Å²) in [6.07, 6.45) is 0.639. The van der Waals surface area contributed by atoms with Gasteiger partial charge in [0.15, 0.2) is 6.10 Å². The number of methoxy groups -OCH3 is 1. The first-order valence-corrected chi connectivity index (χ1v) is 9.37. The van der Waals surface area contributed by atoms with Crippen molar-refractivity contribution in [3.05, 3.63) is 77.1 Å². The number of ether oxygens (including phenoxy) is 2. The number of aromatic nitrogens is 2. The molecule has 0 spiro atoms. The van der Waals surface area contributed by atoms with Gasteiger partial charge >= 0.3 is 0 Å². The fraction of sp³-hybridized carbons (Fsp3) is 0.227. The SMILES string of the molecule is COc1ccc(-c2cc(=O)n(CCNC(=O)C(C)Oc3cccc(F)c3)cn2)cc1. The van der Waals surface area contributed by atoms with Crippen molar-refractivity contribution in [1.29, 1.82) is 0 Å². The predicted molar refractivity (Wildman–Crippen MR) is 110 cm³/mol. The largest absolute Gasteiger partial charge is 0.497 e. The summed E-state index contributed by atoms with van der Waals surface area (Å²) in [5, 5.41) is 2.69. The zero-order chi connectivity index (χ0) is 21.5. The number of benzene rings is 2. The lowest BCUT2D eigenvalue weighted by Crippen LogP contribution is -2.38. The minimum absolute atomic E-state index is 0.221. The molecular formula is C22H22FN3O4. The Morgan fingerprint density at radius 3 is 2.60 bits per heavy atom. The quantitative estimate of drug-likeness (QED) is 0.616. The Labute approximate surface area is 173 Å². The average Bonchev–Trinajstić information content (AvgIpc) is 2.74. The number of hydrogen-bond donors (Lipinski definition) is 1. The van der Waals surface area contributed by atoms with E-state index < -0.39 is 11.9 Å². The van der Waals surface area contributed by atoms with Crippen LogP contribution in [0.25, 0.3) is 11.3 Å². The molecule has 0 saturated carbocycles. The lowest BCUT2D eigenvalue weighted by molar-refractivity contribution is -0.127. The summed E-state index contributed by atoms with van der Waals surface area (Å²) in [5.41, 5.74) is 1.13. The summed E-state index contributed by atoms with van der Waals surface area (Å²) in [7, 11) is 1.58. The van der Waals surface area contributed by atoms with Crippen molar-refractivity contribution in [3.8, 4) is 22.8 Å². The van der Waals surface area contributed by atoms with Crippen LogP contribution in [0.3, 0.4) is 0 Å². The second kappa shape index (κ2) is 9.69. The van der Waals surface area contributed by atoms with Gasteiger partial charge in [0.25, 0.3) is 11.5 Å². The molecule has 1 aromatic heterocycles. The van der Waals surface area contributed by atoms with Gasteiger partial charge in [-0.15, -0.1) is 0 Å². The number of carbonyl (C=O) groups is 1. The third kappa shape index (κ3) is 5.44. The number of nitrogens with zero attached hydrogens (tertiary/aromatic N) is 2. The monoisotopic (exact) mass is 411 g/mol. The highest BCUT2D eigenvalue weighted by Crippen LogP contribution is 2.19. The molecule has 1 amide bonds. The van der Waals surface area contributed by atoms with Gasteiger partial charge in [0.05, 0.1) is 19.1 Å². The first-order valence-electron chi connectivity index (χ1n) is 9.37. The molecule has 0 fully saturated rings. The second-order valence-electron chi connectivity index (χ2n) is 6.54. The van der Waals surface area contributed by atoms with Gasteiger partial charge in [-0.3, -0.25) is 14.2 Å². The molecule has 30 heavy (non-hydrogen) atoms. The van der Waals surface area contributed by atoms with Crippen LogP contribution in [0.15, 0.2) is 65.7 Å². The van der Waals surface area contributed by atoms with Crippen LogP contribution in [0.2, 0.25) is 0 Å². The normalized spacial score (nSPS) is 11.6. The molecule has 1 heterocycles. The van der Waals surface area contributed by atoms with E-state index >= 15 is 0 Å². The number of carbonyl (C=O) groups excluding carboxylic acids is 1. The number of hydrogen-bond acceptors (Lipinski definition) is 5. The lowest BCUT2D eigenvalue weighted by atomic mass is 10.1. The van der Waals surface area contributed by atoms with Crippen LogP contribution in [0.4, 0.5) is 4.39 Å². The van der Waals surface area contributed by atoms with Gasteiger partial charge in [0.1, 0.15) is 17.3 Å². The van der Waals surface area contributed by atoms with Gasteiger partial charge in [0, 0.05) is 30.8 Å². The molecule has 7 nitrogen and oxygen atoms in total. The van der Waals surface area contributed by atoms with Crippen molar-refractivity contribution in [2.24, 2.45) is 0 Å². The van der Waals surface area contributed by atoms with Gasteiger partial charge < -0.3 is 14.8 Å². The highest BCUT2D eigenvalue weighted by atomic mass is 19.1. The van der Waals surface area contributed by atoms with Crippen molar-refractivity contribution in [2.75, 3.05) is 13.7 Å². The van der Waals surface area contributed by atoms with Crippen LogP contribution in [0.5, 0.6) is 11.5 Å². The van der Waals surface area contributed by atoms with Gasteiger partial charge in [-0.1, -0.05) is 6.07 Å². The molecule has 3 rings (SSSR count). The molecule has 1 unspecified atom stereocenters. The van der Waals surface area contributed by atoms with Crippen molar-refractivity contribution in [2.45, 2.75) is 19.6 Å². The summed E-state index contributed by atoms with van der Waals surface area (Å²) in [6, 6.07) is 14.3. The molecule has 0 aliphatic heterocycles. The highest BCUT2D eigenvalue weighted by molar-refractivity contribution is 5.80. The number of nitrogens with one attached hydrogen (secondary N) is 1. The Morgan fingerprint density at radius 2 is 1.93 bits per heavy atom. The van der Waals surface area contributed by atoms with Gasteiger partial charge in [-0.2, -0.15) is 0 Å². The maximum atomic E-state index is 13.2. The zero-order valence-electron chi connectivity index (χ0n) is 16.7. The van der Waals surface area contributed by atoms with Crippen molar-refractivity contribution < 1.29 is 18.7 Å². The molecule has 0 saturated heterocycles. The fourth-order valence-electron chi connectivity index (χ4n) is 2.75. The Kier molecular flexibility index (Phi) is 6.79. The maximum absolute atomic E-state index is 13.2. The maximum Gasteiger partial charge on any atom is 0.260 e. The third-order valence-corrected chi connectivity index (χ3v) is 4.40. The van der Waals surface area contributed by atoms with E-state index in [-0.39, 0.29) is 30.3 Å². The Balaban J connectivity index is 1.54. The highest BCUT2D eigenvalue weighted by Gasteiger charge is 2.14. The summed E-state index contributed by atoms with van der Waals surface area (Å²) < 4.78 is 25.1. The minimum atomic E-state index is -0.806. The van der Waals surface area contributed by atoms with E-state index in [2.05, 4.69) is 10.3 Å². The van der Waals surface area contributed by atoms with Crippen LogP contribution in [0.1, 0.15) is 6.92 Å². The summed E-state index contributed by atoms with van der Waals surface area (Å²) in [4.78, 5) is 28.8. The molecular weight excluding hydrogens is 389 g/mol. The van der Waals surface area contributed by atoms with Crippen molar-refractivity contribution in [1.82, 2.24) is 14.9 Å². The average molecular weight is 411 g/mol. The Morgan fingerprint density at radius 1 is 1.17 bits per heavy atom. The van der Waals surface area contributed by atoms with Gasteiger partial charge in [-0.25, -0.2) is 9.37 Å².